The molecule has 0 aliphatic heterocycles. The van der Waals surface area contributed by atoms with E-state index in [9.17, 15) is 4.79 Å². The number of oxime groups is 1. The fraction of sp³-hybridized carbons (Fsp3) is 0.458. The van der Waals surface area contributed by atoms with E-state index < -0.39 is 12.3 Å². The molecule has 0 atom stereocenters. The van der Waals surface area contributed by atoms with Crippen LogP contribution in [-0.4, -0.2) is 58.1 Å². The summed E-state index contributed by atoms with van der Waals surface area (Å²) >= 11 is 6.37. The average Bonchev–Trinajstić information content (AvgIpc) is 3.43. The number of nitrogens with zero attached hydrogens (tertiary/aromatic N) is 2. The predicted molar refractivity (Wildman–Crippen MR) is 129 cm³/mol. The van der Waals surface area contributed by atoms with Crippen LogP contribution in [0.5, 0.6) is 17.4 Å². The Kier molecular flexibility index (Phi) is 9.53. The lowest BCUT2D eigenvalue weighted by Gasteiger charge is -2.17. The number of halogens is 1. The highest BCUT2D eigenvalue weighted by molar-refractivity contribution is 6.32. The normalized spacial score (nSPS) is 14.3. The predicted octanol–water partition coefficient (Wildman–Crippen LogP) is 3.88. The first kappa shape index (κ1) is 26.5. The summed E-state index contributed by atoms with van der Waals surface area (Å²) in [6.07, 6.45) is 3.75. The number of carbonyl (C=O) groups excluding carboxylic acids is 1. The summed E-state index contributed by atoms with van der Waals surface area (Å²) in [6, 6.07) is 6.31. The number of ether oxygens (including phenoxy) is 5. The van der Waals surface area contributed by atoms with Crippen molar-refractivity contribution in [3.05, 3.63) is 46.1 Å². The first-order valence-corrected chi connectivity index (χ1v) is 11.4. The van der Waals surface area contributed by atoms with E-state index in [1.807, 2.05) is 0 Å². The van der Waals surface area contributed by atoms with E-state index in [1.165, 1.54) is 40.6 Å². The Labute approximate surface area is 209 Å². The second-order valence-electron chi connectivity index (χ2n) is 7.86. The van der Waals surface area contributed by atoms with Crippen LogP contribution in [0.2, 0.25) is 5.02 Å². The van der Waals surface area contributed by atoms with Crippen molar-refractivity contribution in [2.75, 3.05) is 35.0 Å². The van der Waals surface area contributed by atoms with Gasteiger partial charge in [-0.15, -0.1) is 0 Å². The van der Waals surface area contributed by atoms with Crippen molar-refractivity contribution in [1.82, 2.24) is 4.98 Å². The monoisotopic (exact) mass is 507 g/mol. The van der Waals surface area contributed by atoms with Crippen molar-refractivity contribution in [1.29, 1.82) is 0 Å². The molecule has 1 aliphatic carbocycles. The third-order valence-electron chi connectivity index (χ3n) is 5.68. The molecule has 190 valence electrons. The molecule has 1 aliphatic rings. The second kappa shape index (κ2) is 12.6. The average molecular weight is 508 g/mol. The SMILES string of the molecule is COc1cc(C(=O)ON=C(N)c2cc(Cl)c(OCC(OC)OC)c(OC)c2)cc(C2CCCC2)n1. The van der Waals surface area contributed by atoms with Crippen LogP contribution in [-0.2, 0) is 14.3 Å². The van der Waals surface area contributed by atoms with Crippen molar-refractivity contribution < 1.29 is 33.3 Å². The van der Waals surface area contributed by atoms with Crippen LogP contribution < -0.4 is 19.9 Å². The number of pyridine rings is 1. The quantitative estimate of drug-likeness (QED) is 0.158. The molecule has 1 saturated carbocycles. The number of nitrogens with two attached hydrogens (primary N) is 1. The highest BCUT2D eigenvalue weighted by atomic mass is 35.5. The zero-order valence-electron chi connectivity index (χ0n) is 20.2. The lowest BCUT2D eigenvalue weighted by Crippen LogP contribution is -2.22. The van der Waals surface area contributed by atoms with Gasteiger partial charge < -0.3 is 34.3 Å². The van der Waals surface area contributed by atoms with Crippen LogP contribution in [0.3, 0.4) is 0 Å². The van der Waals surface area contributed by atoms with Crippen LogP contribution in [0, 0.1) is 0 Å². The Morgan fingerprint density at radius 3 is 2.43 bits per heavy atom. The van der Waals surface area contributed by atoms with Gasteiger partial charge in [0.1, 0.15) is 6.61 Å². The number of rotatable bonds is 11. The molecule has 1 fully saturated rings. The first-order chi connectivity index (χ1) is 16.9. The highest BCUT2D eigenvalue weighted by Gasteiger charge is 2.22. The number of methoxy groups -OCH3 is 4. The Balaban J connectivity index is 1.76. The number of benzene rings is 1. The topological polar surface area (TPSA) is 124 Å². The number of carbonyl (C=O) groups is 1. The molecule has 10 nitrogen and oxygen atoms in total. The summed E-state index contributed by atoms with van der Waals surface area (Å²) in [5.41, 5.74) is 7.52. The molecule has 2 N–H and O–H groups in total. The number of hydrogen-bond acceptors (Lipinski definition) is 9. The van der Waals surface area contributed by atoms with Crippen LogP contribution in [0.1, 0.15) is 53.2 Å². The smallest absolute Gasteiger partial charge is 0.366 e. The van der Waals surface area contributed by atoms with E-state index in [-0.39, 0.29) is 28.8 Å². The van der Waals surface area contributed by atoms with Gasteiger partial charge in [-0.1, -0.05) is 29.6 Å². The first-order valence-electron chi connectivity index (χ1n) is 11.1. The van der Waals surface area contributed by atoms with Gasteiger partial charge in [-0.05, 0) is 31.0 Å². The highest BCUT2D eigenvalue weighted by Crippen LogP contribution is 2.37. The van der Waals surface area contributed by atoms with Gasteiger partial charge in [-0.2, -0.15) is 0 Å². The van der Waals surface area contributed by atoms with Gasteiger partial charge in [0.15, 0.2) is 23.6 Å². The van der Waals surface area contributed by atoms with Gasteiger partial charge in [-0.3, -0.25) is 0 Å². The maximum Gasteiger partial charge on any atom is 0.366 e. The minimum absolute atomic E-state index is 0.0752. The maximum atomic E-state index is 12.7. The van der Waals surface area contributed by atoms with E-state index in [0.29, 0.717) is 23.1 Å². The van der Waals surface area contributed by atoms with E-state index in [4.69, 9.17) is 45.9 Å². The summed E-state index contributed by atoms with van der Waals surface area (Å²) in [4.78, 5) is 22.3. The Bertz CT molecular complexity index is 1050. The third-order valence-corrected chi connectivity index (χ3v) is 5.96. The third kappa shape index (κ3) is 6.74. The van der Waals surface area contributed by atoms with Crippen LogP contribution in [0.15, 0.2) is 29.4 Å². The summed E-state index contributed by atoms with van der Waals surface area (Å²) in [6.45, 7) is 0.0852. The molecule has 0 radical (unpaired) electrons. The summed E-state index contributed by atoms with van der Waals surface area (Å²) in [5, 5.41) is 4.01. The van der Waals surface area contributed by atoms with Crippen molar-refractivity contribution in [3.63, 3.8) is 0 Å². The van der Waals surface area contributed by atoms with Crippen molar-refractivity contribution in [2.24, 2.45) is 10.9 Å². The van der Waals surface area contributed by atoms with Gasteiger partial charge in [0.2, 0.25) is 5.88 Å². The second-order valence-corrected chi connectivity index (χ2v) is 8.27. The van der Waals surface area contributed by atoms with Gasteiger partial charge in [-0.25, -0.2) is 9.78 Å². The molecule has 11 heteroatoms. The summed E-state index contributed by atoms with van der Waals surface area (Å²) in [5.74, 6) is 0.469. The molecular formula is C24H30ClN3O7. The van der Waals surface area contributed by atoms with Crippen LogP contribution in [0.4, 0.5) is 0 Å². The lowest BCUT2D eigenvalue weighted by atomic mass is 10.0. The van der Waals surface area contributed by atoms with Crippen LogP contribution in [0.25, 0.3) is 0 Å². The van der Waals surface area contributed by atoms with Gasteiger partial charge >= 0.3 is 5.97 Å². The molecular weight excluding hydrogens is 478 g/mol. The molecule has 0 spiro atoms. The Hall–Kier alpha value is -3.08. The molecule has 1 aromatic heterocycles. The minimum Gasteiger partial charge on any atom is -0.493 e. The van der Waals surface area contributed by atoms with Gasteiger partial charge in [0, 0.05) is 37.5 Å². The fourth-order valence-corrected chi connectivity index (χ4v) is 4.03. The van der Waals surface area contributed by atoms with Crippen LogP contribution >= 0.6 is 11.6 Å². The molecule has 0 amide bonds. The van der Waals surface area contributed by atoms with Crippen molar-refractivity contribution in [3.8, 4) is 17.4 Å². The van der Waals surface area contributed by atoms with E-state index in [2.05, 4.69) is 10.1 Å². The number of aromatic nitrogens is 1. The molecule has 0 bridgehead atoms. The van der Waals surface area contributed by atoms with E-state index in [1.54, 1.807) is 12.1 Å². The maximum absolute atomic E-state index is 12.7. The Morgan fingerprint density at radius 1 is 1.09 bits per heavy atom. The molecule has 0 unspecified atom stereocenters. The van der Waals surface area contributed by atoms with Crippen molar-refractivity contribution >= 4 is 23.4 Å². The van der Waals surface area contributed by atoms with Gasteiger partial charge in [0.25, 0.3) is 0 Å². The van der Waals surface area contributed by atoms with E-state index >= 15 is 0 Å². The Morgan fingerprint density at radius 2 is 1.80 bits per heavy atom. The van der Waals surface area contributed by atoms with E-state index in [0.717, 1.165) is 31.4 Å². The number of hydrogen-bond donors (Lipinski definition) is 1. The molecule has 35 heavy (non-hydrogen) atoms. The zero-order chi connectivity index (χ0) is 25.4. The molecule has 3 rings (SSSR count). The molecule has 0 saturated heterocycles. The standard InChI is InChI=1S/C24H30ClN3O7/c1-30-19-11-15(9-17(25)22(19)34-13-21(32-3)33-4)23(26)28-35-24(29)16-10-18(14-7-5-6-8-14)27-20(12-16)31-2/h9-12,14,21H,5-8,13H2,1-4H3,(H2,26,28). The fourth-order valence-electron chi connectivity index (χ4n) is 3.77. The molecule has 1 aromatic carbocycles. The lowest BCUT2D eigenvalue weighted by molar-refractivity contribution is -0.122. The molecule has 2 aromatic rings. The summed E-state index contributed by atoms with van der Waals surface area (Å²) in [7, 11) is 5.95. The van der Waals surface area contributed by atoms with Gasteiger partial charge in [0.05, 0.1) is 24.8 Å². The largest absolute Gasteiger partial charge is 0.493 e. The van der Waals surface area contributed by atoms with Crippen molar-refractivity contribution in [2.45, 2.75) is 37.9 Å². The number of amidine groups is 1. The molecule has 1 heterocycles. The summed E-state index contributed by atoms with van der Waals surface area (Å²) < 4.78 is 26.5. The zero-order valence-corrected chi connectivity index (χ0v) is 21.0. The minimum atomic E-state index is -0.684.